The van der Waals surface area contributed by atoms with E-state index in [0.717, 1.165) is 28.1 Å². The molecule has 226 valence electrons. The Morgan fingerprint density at radius 3 is 1.75 bits per heavy atom. The van der Waals surface area contributed by atoms with Crippen LogP contribution in [-0.4, -0.2) is 9.55 Å². The minimum Gasteiger partial charge on any atom is -0.292 e. The lowest BCUT2D eigenvalue weighted by molar-refractivity contribution is 0.667. The van der Waals surface area contributed by atoms with Crippen LogP contribution in [0.4, 0.5) is 0 Å². The lowest BCUT2D eigenvalue weighted by Crippen LogP contribution is -2.16. The third-order valence-corrected chi connectivity index (χ3v) is 10.6. The fourth-order valence-electron chi connectivity index (χ4n) is 8.42. The van der Waals surface area contributed by atoms with E-state index in [1.807, 2.05) is 0 Å². The summed E-state index contributed by atoms with van der Waals surface area (Å²) in [6.07, 6.45) is 0. The molecule has 2 heteroatoms. The van der Waals surface area contributed by atoms with Gasteiger partial charge in [-0.2, -0.15) is 0 Å². The molecule has 0 bridgehead atoms. The van der Waals surface area contributed by atoms with Crippen molar-refractivity contribution < 1.29 is 0 Å². The standard InChI is InChI=1S/C46H32N2/c1-46(2)39-28-38(29-24-26-30(27-25-29)45-47-40-22-12-13-23-41(40)48(45)31-14-4-3-5-15-31)34-18-7-9-19-35(34)42(39)43-36-20-10-6-16-32(36)33-17-8-11-21-37(33)44(43)46/h3-28H,1-2H3. The van der Waals surface area contributed by atoms with Crippen molar-refractivity contribution in [3.05, 3.63) is 169 Å². The summed E-state index contributed by atoms with van der Waals surface area (Å²) in [6.45, 7) is 4.82. The van der Waals surface area contributed by atoms with Crippen LogP contribution in [-0.2, 0) is 5.41 Å². The summed E-state index contributed by atoms with van der Waals surface area (Å²) in [6, 6.07) is 57.3. The highest BCUT2D eigenvalue weighted by Gasteiger charge is 2.40. The number of para-hydroxylation sites is 3. The molecule has 0 saturated carbocycles. The molecule has 2 nitrogen and oxygen atoms in total. The summed E-state index contributed by atoms with van der Waals surface area (Å²) in [5.74, 6) is 0.947. The van der Waals surface area contributed by atoms with Crippen LogP contribution in [0.5, 0.6) is 0 Å². The highest BCUT2D eigenvalue weighted by Crippen LogP contribution is 2.57. The van der Waals surface area contributed by atoms with Crippen molar-refractivity contribution >= 4 is 43.4 Å². The van der Waals surface area contributed by atoms with Crippen LogP contribution < -0.4 is 0 Å². The van der Waals surface area contributed by atoms with Crippen molar-refractivity contribution in [1.82, 2.24) is 9.55 Å². The zero-order valence-corrected chi connectivity index (χ0v) is 26.9. The second-order valence-electron chi connectivity index (χ2n) is 13.5. The fraction of sp³-hybridized carbons (Fsp3) is 0.0652. The smallest absolute Gasteiger partial charge is 0.145 e. The van der Waals surface area contributed by atoms with Gasteiger partial charge in [0.2, 0.25) is 0 Å². The molecule has 0 aliphatic heterocycles. The number of fused-ring (bicyclic) bond motifs is 11. The van der Waals surface area contributed by atoms with E-state index < -0.39 is 0 Å². The first-order valence-corrected chi connectivity index (χ1v) is 16.7. The molecule has 0 spiro atoms. The van der Waals surface area contributed by atoms with Gasteiger partial charge in [-0.05, 0) is 96.0 Å². The molecule has 8 aromatic carbocycles. The second-order valence-corrected chi connectivity index (χ2v) is 13.5. The first kappa shape index (κ1) is 27.2. The molecule has 9 aromatic rings. The lowest BCUT2D eigenvalue weighted by Gasteiger charge is -2.25. The first-order chi connectivity index (χ1) is 23.6. The van der Waals surface area contributed by atoms with Crippen molar-refractivity contribution in [2.24, 2.45) is 0 Å². The molecule has 1 aliphatic rings. The minimum atomic E-state index is -0.173. The number of hydrogen-bond donors (Lipinski definition) is 0. The Kier molecular flexibility index (Phi) is 5.66. The van der Waals surface area contributed by atoms with Crippen LogP contribution >= 0.6 is 0 Å². The maximum atomic E-state index is 5.11. The summed E-state index contributed by atoms with van der Waals surface area (Å²) >= 11 is 0. The Hall–Kier alpha value is -5.99. The fourth-order valence-corrected chi connectivity index (χ4v) is 8.42. The Bertz CT molecular complexity index is 2730. The number of nitrogens with zero attached hydrogens (tertiary/aromatic N) is 2. The first-order valence-electron chi connectivity index (χ1n) is 16.7. The highest BCUT2D eigenvalue weighted by molar-refractivity contribution is 6.22. The third-order valence-electron chi connectivity index (χ3n) is 10.6. The van der Waals surface area contributed by atoms with Crippen LogP contribution in [0.3, 0.4) is 0 Å². The number of aromatic nitrogens is 2. The summed E-state index contributed by atoms with van der Waals surface area (Å²) in [4.78, 5) is 5.11. The molecule has 1 heterocycles. The van der Waals surface area contributed by atoms with Gasteiger partial charge in [0.05, 0.1) is 11.0 Å². The average Bonchev–Trinajstić information content (AvgIpc) is 3.65. The summed E-state index contributed by atoms with van der Waals surface area (Å²) in [7, 11) is 0. The van der Waals surface area contributed by atoms with Gasteiger partial charge in [-0.25, -0.2) is 4.98 Å². The number of imidazole rings is 1. The van der Waals surface area contributed by atoms with Crippen LogP contribution in [0.1, 0.15) is 25.0 Å². The second kappa shape index (κ2) is 10.0. The Balaban J connectivity index is 1.19. The van der Waals surface area contributed by atoms with Gasteiger partial charge in [0.1, 0.15) is 5.82 Å². The normalized spacial score (nSPS) is 13.4. The van der Waals surface area contributed by atoms with E-state index in [-0.39, 0.29) is 5.41 Å². The van der Waals surface area contributed by atoms with Gasteiger partial charge in [-0.15, -0.1) is 0 Å². The summed E-state index contributed by atoms with van der Waals surface area (Å²) in [5.41, 5.74) is 12.2. The summed E-state index contributed by atoms with van der Waals surface area (Å²) in [5, 5.41) is 7.93. The molecule has 0 N–H and O–H groups in total. The monoisotopic (exact) mass is 612 g/mol. The summed E-state index contributed by atoms with van der Waals surface area (Å²) < 4.78 is 2.27. The van der Waals surface area contributed by atoms with Crippen LogP contribution in [0.2, 0.25) is 0 Å². The van der Waals surface area contributed by atoms with Gasteiger partial charge in [-0.1, -0.05) is 141 Å². The van der Waals surface area contributed by atoms with Crippen molar-refractivity contribution in [2.75, 3.05) is 0 Å². The van der Waals surface area contributed by atoms with Crippen molar-refractivity contribution in [3.8, 4) is 39.3 Å². The third kappa shape index (κ3) is 3.72. The maximum Gasteiger partial charge on any atom is 0.145 e. The highest BCUT2D eigenvalue weighted by atomic mass is 15.1. The topological polar surface area (TPSA) is 17.8 Å². The predicted molar refractivity (Wildman–Crippen MR) is 202 cm³/mol. The number of hydrogen-bond acceptors (Lipinski definition) is 1. The molecule has 0 saturated heterocycles. The molecular formula is C46H32N2. The SMILES string of the molecule is CC1(C)c2cc(-c3ccc(-c4nc5ccccc5n4-c4ccccc4)cc3)c3ccccc3c2-c2c1c1ccccc1c1ccccc21. The zero-order valence-electron chi connectivity index (χ0n) is 26.9. The van der Waals surface area contributed by atoms with E-state index in [0.29, 0.717) is 0 Å². The molecule has 48 heavy (non-hydrogen) atoms. The van der Waals surface area contributed by atoms with Crippen molar-refractivity contribution in [2.45, 2.75) is 19.3 Å². The molecule has 0 amide bonds. The molecule has 0 fully saturated rings. The van der Waals surface area contributed by atoms with Crippen LogP contribution in [0.15, 0.2) is 158 Å². The van der Waals surface area contributed by atoms with Gasteiger partial charge in [0.25, 0.3) is 0 Å². The lowest BCUT2D eigenvalue weighted by atomic mass is 9.78. The quantitative estimate of drug-likeness (QED) is 0.182. The molecule has 1 aliphatic carbocycles. The van der Waals surface area contributed by atoms with Crippen molar-refractivity contribution in [3.63, 3.8) is 0 Å². The zero-order chi connectivity index (χ0) is 32.0. The predicted octanol–water partition coefficient (Wildman–Crippen LogP) is 12.1. The minimum absolute atomic E-state index is 0.173. The molecule has 10 rings (SSSR count). The Labute approximate surface area is 279 Å². The molecular weight excluding hydrogens is 581 g/mol. The van der Waals surface area contributed by atoms with E-state index in [9.17, 15) is 0 Å². The molecule has 1 aromatic heterocycles. The molecule has 0 unspecified atom stereocenters. The van der Waals surface area contributed by atoms with Crippen molar-refractivity contribution in [1.29, 1.82) is 0 Å². The largest absolute Gasteiger partial charge is 0.292 e. The van der Waals surface area contributed by atoms with E-state index in [1.165, 1.54) is 65.7 Å². The molecule has 0 atom stereocenters. The molecule has 0 radical (unpaired) electrons. The van der Waals surface area contributed by atoms with Gasteiger partial charge < -0.3 is 0 Å². The van der Waals surface area contributed by atoms with Gasteiger partial charge in [0.15, 0.2) is 0 Å². The average molecular weight is 613 g/mol. The number of rotatable bonds is 3. The van der Waals surface area contributed by atoms with Gasteiger partial charge in [-0.3, -0.25) is 4.57 Å². The van der Waals surface area contributed by atoms with Gasteiger partial charge in [0, 0.05) is 16.7 Å². The van der Waals surface area contributed by atoms with Gasteiger partial charge >= 0.3 is 0 Å². The van der Waals surface area contributed by atoms with Crippen LogP contribution in [0.25, 0.3) is 82.7 Å². The Morgan fingerprint density at radius 1 is 0.479 bits per heavy atom. The Morgan fingerprint density at radius 2 is 1.02 bits per heavy atom. The maximum absolute atomic E-state index is 5.11. The number of benzene rings is 8. The van der Waals surface area contributed by atoms with E-state index >= 15 is 0 Å². The van der Waals surface area contributed by atoms with E-state index in [2.05, 4.69) is 176 Å². The van der Waals surface area contributed by atoms with E-state index in [4.69, 9.17) is 4.98 Å². The van der Waals surface area contributed by atoms with E-state index in [1.54, 1.807) is 0 Å². The van der Waals surface area contributed by atoms with Crippen LogP contribution in [0, 0.1) is 0 Å².